The lowest BCUT2D eigenvalue weighted by Crippen LogP contribution is -2.44. The highest BCUT2D eigenvalue weighted by atomic mass is 35.5. The van der Waals surface area contributed by atoms with Crippen LogP contribution in [0.2, 0.25) is 5.02 Å². The molecule has 1 aliphatic rings. The highest BCUT2D eigenvalue weighted by Crippen LogP contribution is 2.25. The summed E-state index contributed by atoms with van der Waals surface area (Å²) in [6.07, 6.45) is 2.80. The summed E-state index contributed by atoms with van der Waals surface area (Å²) in [6, 6.07) is 12.6. The lowest BCUT2D eigenvalue weighted by atomic mass is 10.1. The normalized spacial score (nSPS) is 17.2. The summed E-state index contributed by atoms with van der Waals surface area (Å²) in [6.45, 7) is 3.45. The van der Waals surface area contributed by atoms with E-state index >= 15 is 0 Å². The van der Waals surface area contributed by atoms with E-state index in [2.05, 4.69) is 68.8 Å². The molecule has 0 amide bonds. The van der Waals surface area contributed by atoms with Gasteiger partial charge < -0.3 is 20.4 Å². The van der Waals surface area contributed by atoms with Gasteiger partial charge >= 0.3 is 0 Å². The predicted molar refractivity (Wildman–Crippen MR) is 117 cm³/mol. The van der Waals surface area contributed by atoms with Crippen LogP contribution in [0.4, 0.5) is 5.82 Å². The third-order valence-corrected chi connectivity index (χ3v) is 5.14. The highest BCUT2D eigenvalue weighted by molar-refractivity contribution is 6.32. The number of rotatable bonds is 6. The number of hydrogen-bond donors (Lipinski definition) is 2. The van der Waals surface area contributed by atoms with Crippen molar-refractivity contribution in [2.75, 3.05) is 39.1 Å². The molecule has 2 heterocycles. The molecule has 28 heavy (non-hydrogen) atoms. The van der Waals surface area contributed by atoms with Gasteiger partial charge in [0.2, 0.25) is 0 Å². The number of nitrogens with zero attached hydrogens (tertiary/aromatic N) is 4. The van der Waals surface area contributed by atoms with Gasteiger partial charge in [-0.15, -0.1) is 0 Å². The first-order valence-corrected chi connectivity index (χ1v) is 9.98. The van der Waals surface area contributed by atoms with Crippen LogP contribution < -0.4 is 15.5 Å². The quantitative estimate of drug-likeness (QED) is 0.576. The van der Waals surface area contributed by atoms with E-state index in [9.17, 15) is 0 Å². The van der Waals surface area contributed by atoms with Crippen LogP contribution in [0.1, 0.15) is 17.5 Å². The Morgan fingerprint density at radius 1 is 1.25 bits per heavy atom. The number of benzene rings is 1. The molecule has 0 aliphatic carbocycles. The fraction of sp³-hybridized carbons (Fsp3) is 0.429. The summed E-state index contributed by atoms with van der Waals surface area (Å²) in [7, 11) is 5.98. The fourth-order valence-electron chi connectivity index (χ4n) is 3.47. The van der Waals surface area contributed by atoms with Crippen LogP contribution in [0.25, 0.3) is 0 Å². The zero-order valence-corrected chi connectivity index (χ0v) is 17.6. The molecule has 1 unspecified atom stereocenters. The van der Waals surface area contributed by atoms with Gasteiger partial charge in [-0.25, -0.2) is 4.98 Å². The van der Waals surface area contributed by atoms with Gasteiger partial charge in [-0.2, -0.15) is 0 Å². The van der Waals surface area contributed by atoms with E-state index in [4.69, 9.17) is 11.6 Å². The number of hydrogen-bond acceptors (Lipinski definition) is 4. The Bertz CT molecular complexity index is 807. The van der Waals surface area contributed by atoms with Gasteiger partial charge in [0.15, 0.2) is 5.96 Å². The van der Waals surface area contributed by atoms with Crippen molar-refractivity contribution in [2.24, 2.45) is 4.99 Å². The van der Waals surface area contributed by atoms with E-state index in [0.717, 1.165) is 44.4 Å². The summed E-state index contributed by atoms with van der Waals surface area (Å²) in [5.74, 6) is 1.67. The van der Waals surface area contributed by atoms with Gasteiger partial charge in [0, 0.05) is 45.5 Å². The second-order valence-electron chi connectivity index (χ2n) is 7.32. The van der Waals surface area contributed by atoms with E-state index in [1.807, 2.05) is 19.2 Å². The van der Waals surface area contributed by atoms with Crippen LogP contribution in [0, 0.1) is 0 Å². The maximum atomic E-state index is 6.29. The molecule has 150 valence electrons. The topological polar surface area (TPSA) is 55.8 Å². The molecule has 7 heteroatoms. The summed E-state index contributed by atoms with van der Waals surface area (Å²) in [4.78, 5) is 13.2. The van der Waals surface area contributed by atoms with Crippen LogP contribution in [0.5, 0.6) is 0 Å². The monoisotopic (exact) mass is 400 g/mol. The number of aromatic nitrogens is 1. The van der Waals surface area contributed by atoms with Crippen molar-refractivity contribution >= 4 is 23.4 Å². The van der Waals surface area contributed by atoms with Gasteiger partial charge in [-0.1, -0.05) is 35.9 Å². The zero-order chi connectivity index (χ0) is 19.9. The van der Waals surface area contributed by atoms with Crippen LogP contribution in [0.3, 0.4) is 0 Å². The highest BCUT2D eigenvalue weighted by Gasteiger charge is 2.25. The van der Waals surface area contributed by atoms with Crippen LogP contribution in [-0.2, 0) is 13.1 Å². The molecule has 1 atom stereocenters. The van der Waals surface area contributed by atoms with Gasteiger partial charge in [-0.3, -0.25) is 4.99 Å². The summed E-state index contributed by atoms with van der Waals surface area (Å²) in [5, 5.41) is 7.68. The maximum absolute atomic E-state index is 6.29. The van der Waals surface area contributed by atoms with E-state index < -0.39 is 0 Å². The molecular formula is C21H29ClN6. The van der Waals surface area contributed by atoms with Crippen molar-refractivity contribution in [1.29, 1.82) is 0 Å². The number of aliphatic imine (C=N–C) groups is 1. The Balaban J connectivity index is 1.55. The summed E-state index contributed by atoms with van der Waals surface area (Å²) >= 11 is 6.29. The summed E-state index contributed by atoms with van der Waals surface area (Å²) in [5.41, 5.74) is 2.61. The largest absolute Gasteiger partial charge is 0.353 e. The molecule has 1 aliphatic heterocycles. The second kappa shape index (κ2) is 9.75. The van der Waals surface area contributed by atoms with Crippen molar-refractivity contribution in [3.05, 3.63) is 58.7 Å². The fourth-order valence-corrected chi connectivity index (χ4v) is 3.71. The summed E-state index contributed by atoms with van der Waals surface area (Å²) < 4.78 is 0. The van der Waals surface area contributed by atoms with Crippen molar-refractivity contribution in [2.45, 2.75) is 25.6 Å². The SMILES string of the molecule is CN=C(NCc1ccccc1CN(C)C)NC1CCN(c2ncccc2Cl)C1. The lowest BCUT2D eigenvalue weighted by Gasteiger charge is -2.21. The third-order valence-electron chi connectivity index (χ3n) is 4.84. The van der Waals surface area contributed by atoms with Crippen molar-refractivity contribution in [3.8, 4) is 0 Å². The van der Waals surface area contributed by atoms with Crippen LogP contribution in [-0.4, -0.2) is 56.1 Å². The molecule has 6 nitrogen and oxygen atoms in total. The first kappa shape index (κ1) is 20.4. The number of anilines is 1. The predicted octanol–water partition coefficient (Wildman–Crippen LogP) is 2.74. The average Bonchev–Trinajstić information content (AvgIpc) is 3.14. The van der Waals surface area contributed by atoms with Crippen molar-refractivity contribution in [3.63, 3.8) is 0 Å². The Hall–Kier alpha value is -2.31. The number of nitrogens with one attached hydrogen (secondary N) is 2. The van der Waals surface area contributed by atoms with E-state index in [-0.39, 0.29) is 0 Å². The first-order valence-electron chi connectivity index (χ1n) is 9.61. The van der Waals surface area contributed by atoms with Gasteiger partial charge in [0.25, 0.3) is 0 Å². The third kappa shape index (κ3) is 5.36. The van der Waals surface area contributed by atoms with Gasteiger partial charge in [-0.05, 0) is 43.8 Å². The van der Waals surface area contributed by atoms with Crippen molar-refractivity contribution < 1.29 is 0 Å². The Morgan fingerprint density at radius 2 is 2.04 bits per heavy atom. The molecule has 1 aromatic carbocycles. The lowest BCUT2D eigenvalue weighted by molar-refractivity contribution is 0.400. The number of pyridine rings is 1. The standard InChI is InChI=1S/C21H29ClN6/c1-23-21(25-13-16-7-4-5-8-17(16)14-27(2)3)26-18-10-12-28(15-18)20-19(22)9-6-11-24-20/h4-9,11,18H,10,12-15H2,1-3H3,(H2,23,25,26). The molecule has 0 bridgehead atoms. The minimum Gasteiger partial charge on any atom is -0.353 e. The molecule has 1 saturated heterocycles. The zero-order valence-electron chi connectivity index (χ0n) is 16.8. The molecule has 2 N–H and O–H groups in total. The molecular weight excluding hydrogens is 372 g/mol. The maximum Gasteiger partial charge on any atom is 0.191 e. The molecule has 3 rings (SSSR count). The molecule has 0 spiro atoms. The van der Waals surface area contributed by atoms with E-state index in [1.165, 1.54) is 11.1 Å². The first-order chi connectivity index (χ1) is 13.6. The second-order valence-corrected chi connectivity index (χ2v) is 7.72. The molecule has 0 radical (unpaired) electrons. The Morgan fingerprint density at radius 3 is 2.75 bits per heavy atom. The minimum atomic E-state index is 0.307. The molecule has 1 fully saturated rings. The van der Waals surface area contributed by atoms with E-state index in [1.54, 1.807) is 6.20 Å². The van der Waals surface area contributed by atoms with Gasteiger partial charge in [0.1, 0.15) is 5.82 Å². The Labute approximate surface area is 172 Å². The minimum absolute atomic E-state index is 0.307. The van der Waals surface area contributed by atoms with Gasteiger partial charge in [0.05, 0.1) is 5.02 Å². The average molecular weight is 401 g/mol. The molecule has 1 aromatic heterocycles. The molecule has 2 aromatic rings. The van der Waals surface area contributed by atoms with Crippen LogP contribution >= 0.6 is 11.6 Å². The number of halogens is 1. The van der Waals surface area contributed by atoms with E-state index in [0.29, 0.717) is 11.1 Å². The van der Waals surface area contributed by atoms with Crippen LogP contribution in [0.15, 0.2) is 47.6 Å². The van der Waals surface area contributed by atoms with Crippen molar-refractivity contribution in [1.82, 2.24) is 20.5 Å². The molecule has 0 saturated carbocycles. The number of guanidine groups is 1. The smallest absolute Gasteiger partial charge is 0.191 e. The Kier molecular flexibility index (Phi) is 7.12.